The van der Waals surface area contributed by atoms with Crippen LogP contribution in [0, 0.1) is 30.6 Å². The highest BCUT2D eigenvalue weighted by molar-refractivity contribution is 6.31. The molecule has 4 unspecified atom stereocenters. The summed E-state index contributed by atoms with van der Waals surface area (Å²) in [7, 11) is 0. The number of nitrogens with two attached hydrogens (primary N) is 5. The van der Waals surface area contributed by atoms with Crippen LogP contribution in [0.4, 0.5) is 28.4 Å². The van der Waals surface area contributed by atoms with Crippen molar-refractivity contribution < 1.29 is 38.1 Å². The lowest BCUT2D eigenvalue weighted by atomic mass is 10.0. The van der Waals surface area contributed by atoms with Gasteiger partial charge >= 0.3 is 23.9 Å². The van der Waals surface area contributed by atoms with Gasteiger partial charge in [0.15, 0.2) is 11.5 Å². The van der Waals surface area contributed by atoms with Gasteiger partial charge in [-0.25, -0.2) is 19.2 Å². The number of carbonyl (C=O) groups excluding carboxylic acids is 4. The average molecular weight is 668 g/mol. The Hall–Kier alpha value is -4.68. The molecule has 262 valence electrons. The number of anilines is 5. The molecule has 2 fully saturated rings. The second kappa shape index (κ2) is 15.9. The maximum atomic E-state index is 13.2. The summed E-state index contributed by atoms with van der Waals surface area (Å²) in [4.78, 5) is 52.4. The zero-order valence-electron chi connectivity index (χ0n) is 28.1. The molecule has 0 saturated heterocycles. The van der Waals surface area contributed by atoms with E-state index in [0.29, 0.717) is 42.1 Å². The lowest BCUT2D eigenvalue weighted by molar-refractivity contribution is -0.156. The van der Waals surface area contributed by atoms with E-state index in [0.717, 1.165) is 51.4 Å². The summed E-state index contributed by atoms with van der Waals surface area (Å²) >= 11 is 0. The lowest BCUT2D eigenvalue weighted by Crippen LogP contribution is -2.28. The first-order valence-electron chi connectivity index (χ1n) is 16.8. The van der Waals surface area contributed by atoms with Crippen LogP contribution in [-0.2, 0) is 19.1 Å². The maximum Gasteiger partial charge on any atom is 0.423 e. The molecule has 13 heteroatoms. The molecule has 0 spiro atoms. The lowest BCUT2D eigenvalue weighted by Gasteiger charge is -2.18. The average Bonchev–Trinajstić information content (AvgIpc) is 3.71. The number of nitrogen functional groups attached to an aromatic ring is 5. The highest BCUT2D eigenvalue weighted by atomic mass is 16.6. The molecule has 0 amide bonds. The van der Waals surface area contributed by atoms with Crippen molar-refractivity contribution in [2.45, 2.75) is 85.0 Å². The minimum Gasteiger partial charge on any atom is -0.462 e. The zero-order valence-corrected chi connectivity index (χ0v) is 28.1. The van der Waals surface area contributed by atoms with Gasteiger partial charge in [-0.3, -0.25) is 0 Å². The first-order chi connectivity index (χ1) is 22.8. The van der Waals surface area contributed by atoms with Crippen LogP contribution >= 0.6 is 0 Å². The third-order valence-corrected chi connectivity index (χ3v) is 9.87. The van der Waals surface area contributed by atoms with Crippen LogP contribution in [0.3, 0.4) is 0 Å². The largest absolute Gasteiger partial charge is 0.462 e. The van der Waals surface area contributed by atoms with Gasteiger partial charge < -0.3 is 47.6 Å². The summed E-state index contributed by atoms with van der Waals surface area (Å²) in [6, 6.07) is 2.58. The van der Waals surface area contributed by atoms with Gasteiger partial charge in [-0.2, -0.15) is 0 Å². The topological polar surface area (TPSA) is 235 Å². The van der Waals surface area contributed by atoms with Gasteiger partial charge in [-0.1, -0.05) is 52.4 Å². The van der Waals surface area contributed by atoms with Crippen molar-refractivity contribution in [2.75, 3.05) is 41.9 Å². The Morgan fingerprint density at radius 2 is 1.04 bits per heavy atom. The van der Waals surface area contributed by atoms with Crippen molar-refractivity contribution in [3.63, 3.8) is 0 Å². The molecule has 0 radical (unpaired) electrons. The Balaban J connectivity index is 1.46. The van der Waals surface area contributed by atoms with E-state index in [4.69, 9.17) is 47.6 Å². The number of ether oxygens (including phenoxy) is 4. The third kappa shape index (κ3) is 8.42. The summed E-state index contributed by atoms with van der Waals surface area (Å²) in [6.07, 6.45) is 10.2. The van der Waals surface area contributed by atoms with Gasteiger partial charge in [-0.15, -0.1) is 0 Å². The van der Waals surface area contributed by atoms with Crippen LogP contribution in [0.2, 0.25) is 0 Å². The zero-order chi connectivity index (χ0) is 35.1. The van der Waals surface area contributed by atoms with E-state index in [9.17, 15) is 19.2 Å². The number of esters is 4. The summed E-state index contributed by atoms with van der Waals surface area (Å²) in [5.74, 6) is -3.67. The van der Waals surface area contributed by atoms with E-state index >= 15 is 0 Å². The molecule has 10 N–H and O–H groups in total. The molecule has 13 nitrogen and oxygen atoms in total. The summed E-state index contributed by atoms with van der Waals surface area (Å²) in [5, 5.41) is 0. The number of benzene rings is 2. The van der Waals surface area contributed by atoms with Crippen molar-refractivity contribution in [2.24, 2.45) is 23.7 Å². The van der Waals surface area contributed by atoms with E-state index in [1.54, 1.807) is 6.92 Å². The van der Waals surface area contributed by atoms with Crippen LogP contribution in [0.15, 0.2) is 12.1 Å². The second-order valence-electron chi connectivity index (χ2n) is 13.1. The number of hydrogen-bond donors (Lipinski definition) is 5. The van der Waals surface area contributed by atoms with Crippen LogP contribution in [0.5, 0.6) is 11.5 Å². The van der Waals surface area contributed by atoms with Gasteiger partial charge in [0.25, 0.3) is 0 Å². The van der Waals surface area contributed by atoms with Crippen LogP contribution < -0.4 is 38.1 Å². The van der Waals surface area contributed by atoms with Crippen molar-refractivity contribution in [3.8, 4) is 11.5 Å². The molecular formula is C35H49N5O8. The Morgan fingerprint density at radius 1 is 0.625 bits per heavy atom. The van der Waals surface area contributed by atoms with Crippen molar-refractivity contribution >= 4 is 52.3 Å². The molecule has 2 aromatic carbocycles. The molecule has 48 heavy (non-hydrogen) atoms. The van der Waals surface area contributed by atoms with Crippen LogP contribution in [-0.4, -0.2) is 37.1 Å². The Bertz CT molecular complexity index is 1430. The number of rotatable bonds is 12. The highest BCUT2D eigenvalue weighted by Crippen LogP contribution is 2.39. The van der Waals surface area contributed by atoms with Crippen molar-refractivity contribution in [3.05, 3.63) is 28.8 Å². The summed E-state index contributed by atoms with van der Waals surface area (Å²) in [5.41, 5.74) is 29.4. The van der Waals surface area contributed by atoms with Crippen LogP contribution in [0.1, 0.15) is 104 Å². The van der Waals surface area contributed by atoms with E-state index < -0.39 is 40.9 Å². The van der Waals surface area contributed by atoms with E-state index in [1.807, 2.05) is 0 Å². The fraction of sp³-hybridized carbons (Fsp3) is 0.543. The van der Waals surface area contributed by atoms with Gasteiger partial charge in [0.1, 0.15) is 11.1 Å². The van der Waals surface area contributed by atoms with E-state index in [1.165, 1.54) is 12.1 Å². The molecule has 0 aliphatic heterocycles. The smallest absolute Gasteiger partial charge is 0.423 e. The minimum absolute atomic E-state index is 0.0271. The first-order valence-corrected chi connectivity index (χ1v) is 16.8. The molecular weight excluding hydrogens is 618 g/mol. The molecule has 2 aliphatic rings. The standard InChI is InChI=1S/C35H49N5O8/c1-4-19-6-8-21(15-19)10-12-45-32(41)26-28(39)18(3)14-24(37)30(26)47-34(43)35(44)48-31-25(38)17-23(36)29(40)27(31)33(42)46-13-11-22-9-7-20(5-2)16-22/h14,17,19-22H,4-13,15-16,36-40H2,1-3H3. The van der Waals surface area contributed by atoms with E-state index in [-0.39, 0.29) is 47.2 Å². The normalized spacial score (nSPS) is 20.3. The monoisotopic (exact) mass is 667 g/mol. The predicted molar refractivity (Wildman–Crippen MR) is 183 cm³/mol. The van der Waals surface area contributed by atoms with Crippen molar-refractivity contribution in [1.29, 1.82) is 0 Å². The fourth-order valence-corrected chi connectivity index (χ4v) is 6.86. The highest BCUT2D eigenvalue weighted by Gasteiger charge is 2.32. The summed E-state index contributed by atoms with van der Waals surface area (Å²) in [6.45, 7) is 6.20. The van der Waals surface area contributed by atoms with Crippen LogP contribution in [0.25, 0.3) is 0 Å². The Labute approximate surface area is 281 Å². The van der Waals surface area contributed by atoms with Gasteiger partial charge in [0, 0.05) is 0 Å². The summed E-state index contributed by atoms with van der Waals surface area (Å²) < 4.78 is 21.5. The number of hydrogen-bond acceptors (Lipinski definition) is 13. The SMILES string of the molecule is CCC1CCC(CCOC(=O)c2c(N)c(C)cc(N)c2OC(=O)C(=O)Oc2c(N)cc(N)c(N)c2C(=O)OCCC2CCC(CC)C2)C1. The molecule has 2 aromatic rings. The molecule has 4 atom stereocenters. The number of aryl methyl sites for hydroxylation is 1. The maximum absolute atomic E-state index is 13.2. The Morgan fingerprint density at radius 3 is 1.48 bits per heavy atom. The molecule has 0 bridgehead atoms. The number of carbonyl (C=O) groups is 4. The molecule has 0 heterocycles. The predicted octanol–water partition coefficient (Wildman–Crippen LogP) is 5.16. The molecule has 2 saturated carbocycles. The fourth-order valence-electron chi connectivity index (χ4n) is 6.86. The third-order valence-electron chi connectivity index (χ3n) is 9.87. The second-order valence-corrected chi connectivity index (χ2v) is 13.1. The minimum atomic E-state index is -1.58. The van der Waals surface area contributed by atoms with Gasteiger partial charge in [0.2, 0.25) is 0 Å². The van der Waals surface area contributed by atoms with Crippen molar-refractivity contribution in [1.82, 2.24) is 0 Å². The van der Waals surface area contributed by atoms with Gasteiger partial charge in [0.05, 0.1) is 41.7 Å². The van der Waals surface area contributed by atoms with E-state index in [2.05, 4.69) is 13.8 Å². The Kier molecular flexibility index (Phi) is 12.0. The molecule has 0 aromatic heterocycles. The molecule has 2 aliphatic carbocycles. The first kappa shape index (κ1) is 36.2. The van der Waals surface area contributed by atoms with Gasteiger partial charge in [-0.05, 0) is 74.0 Å². The quantitative estimate of drug-likeness (QED) is 0.0852. The molecule has 4 rings (SSSR count).